The van der Waals surface area contributed by atoms with Crippen LogP contribution in [0.5, 0.6) is 0 Å². The van der Waals surface area contributed by atoms with Gasteiger partial charge in [-0.25, -0.2) is 8.42 Å². The van der Waals surface area contributed by atoms with Gasteiger partial charge >= 0.3 is 0 Å². The second kappa shape index (κ2) is 7.39. The number of amides is 1. The Balaban J connectivity index is 1.81. The van der Waals surface area contributed by atoms with Gasteiger partial charge in [0.05, 0.1) is 4.90 Å². The minimum Gasteiger partial charge on any atom is -0.352 e. The Kier molecular flexibility index (Phi) is 5.37. The summed E-state index contributed by atoms with van der Waals surface area (Å²) in [5, 5.41) is 3.12. The molecule has 1 aromatic rings. The van der Waals surface area contributed by atoms with Gasteiger partial charge in [0.2, 0.25) is 5.91 Å². The van der Waals surface area contributed by atoms with Gasteiger partial charge in [-0.1, -0.05) is 32.9 Å². The van der Waals surface area contributed by atoms with Crippen LogP contribution in [0, 0.1) is 11.8 Å². The number of fused-ring (bicyclic) bond motifs is 1. The van der Waals surface area contributed by atoms with E-state index in [0.29, 0.717) is 11.5 Å². The molecule has 1 aliphatic carbocycles. The van der Waals surface area contributed by atoms with Crippen LogP contribution in [0.2, 0.25) is 0 Å². The highest BCUT2D eigenvalue weighted by atomic mass is 32.2. The third-order valence-corrected chi connectivity index (χ3v) is 6.59. The van der Waals surface area contributed by atoms with E-state index < -0.39 is 16.1 Å². The molecule has 1 aromatic carbocycles. The van der Waals surface area contributed by atoms with Gasteiger partial charge in [0, 0.05) is 11.6 Å². The Hall–Kier alpha value is -1.89. The van der Waals surface area contributed by atoms with Gasteiger partial charge in [0.15, 0.2) is 0 Å². The Bertz CT molecular complexity index is 809. The van der Waals surface area contributed by atoms with Crippen LogP contribution >= 0.6 is 0 Å². The molecule has 3 rings (SSSR count). The van der Waals surface area contributed by atoms with Gasteiger partial charge in [0.1, 0.15) is 11.9 Å². The fraction of sp³-hybridized carbons (Fsp3) is 0.579. The average molecular weight is 378 g/mol. The molecular formula is C19H27N3O3S. The molecule has 2 aliphatic rings. The summed E-state index contributed by atoms with van der Waals surface area (Å²) in [5.41, 5.74) is 0.525. The van der Waals surface area contributed by atoms with E-state index in [1.807, 2.05) is 13.8 Å². The summed E-state index contributed by atoms with van der Waals surface area (Å²) >= 11 is 0. The molecule has 1 amide bonds. The molecule has 0 spiro atoms. The Labute approximate surface area is 155 Å². The topological polar surface area (TPSA) is 87.6 Å². The fourth-order valence-corrected chi connectivity index (χ4v) is 4.81. The number of nitrogens with zero attached hydrogens (tertiary/aromatic N) is 1. The number of sulfonamides is 1. The smallest absolute Gasteiger partial charge is 0.263 e. The Morgan fingerprint density at radius 1 is 1.19 bits per heavy atom. The number of nitrogens with one attached hydrogen (secondary N) is 2. The monoisotopic (exact) mass is 377 g/mol. The van der Waals surface area contributed by atoms with Crippen LogP contribution in [-0.2, 0) is 14.8 Å². The van der Waals surface area contributed by atoms with Crippen LogP contribution in [0.1, 0.15) is 52.0 Å². The lowest BCUT2D eigenvalue weighted by Crippen LogP contribution is -2.44. The zero-order valence-corrected chi connectivity index (χ0v) is 16.3. The molecule has 0 unspecified atom stereocenters. The maximum atomic E-state index is 12.8. The van der Waals surface area contributed by atoms with E-state index in [0.717, 1.165) is 25.7 Å². The van der Waals surface area contributed by atoms with Gasteiger partial charge in [0.25, 0.3) is 10.0 Å². The first-order valence-electron chi connectivity index (χ1n) is 9.28. The highest BCUT2D eigenvalue weighted by molar-refractivity contribution is 7.90. The summed E-state index contributed by atoms with van der Waals surface area (Å²) in [4.78, 5) is 17.5. The molecule has 0 saturated heterocycles. The summed E-state index contributed by atoms with van der Waals surface area (Å²) < 4.78 is 27.0. The average Bonchev–Trinajstić information content (AvgIpc) is 2.85. The first kappa shape index (κ1) is 18.9. The summed E-state index contributed by atoms with van der Waals surface area (Å²) in [5.74, 6) is 0.804. The van der Waals surface area contributed by atoms with E-state index >= 15 is 0 Å². The third-order valence-electron chi connectivity index (χ3n) is 5.19. The highest BCUT2D eigenvalue weighted by Crippen LogP contribution is 2.25. The molecule has 0 bridgehead atoms. The lowest BCUT2D eigenvalue weighted by atomic mass is 9.87. The van der Waals surface area contributed by atoms with E-state index in [9.17, 15) is 13.2 Å². The van der Waals surface area contributed by atoms with Gasteiger partial charge in [-0.2, -0.15) is 0 Å². The van der Waals surface area contributed by atoms with E-state index in [2.05, 4.69) is 22.0 Å². The minimum atomic E-state index is -3.60. The number of benzene rings is 1. The molecule has 1 fully saturated rings. The predicted octanol–water partition coefficient (Wildman–Crippen LogP) is 2.44. The normalized spacial score (nSPS) is 27.0. The van der Waals surface area contributed by atoms with Crippen molar-refractivity contribution >= 4 is 21.8 Å². The van der Waals surface area contributed by atoms with Gasteiger partial charge in [-0.15, -0.1) is 0 Å². The first-order valence-corrected chi connectivity index (χ1v) is 10.8. The molecule has 2 N–H and O–H groups in total. The largest absolute Gasteiger partial charge is 0.352 e. The van der Waals surface area contributed by atoms with Crippen molar-refractivity contribution in [2.24, 2.45) is 16.8 Å². The number of hydrogen-bond acceptors (Lipinski definition) is 4. The molecule has 26 heavy (non-hydrogen) atoms. The molecule has 1 aliphatic heterocycles. The van der Waals surface area contributed by atoms with Crippen molar-refractivity contribution in [3.63, 3.8) is 0 Å². The second-order valence-corrected chi connectivity index (χ2v) is 9.38. The van der Waals surface area contributed by atoms with Crippen LogP contribution in [0.25, 0.3) is 0 Å². The lowest BCUT2D eigenvalue weighted by molar-refractivity contribution is -0.124. The van der Waals surface area contributed by atoms with Gasteiger partial charge in [-0.3, -0.25) is 14.5 Å². The number of rotatable bonds is 4. The van der Waals surface area contributed by atoms with Crippen molar-refractivity contribution in [3.8, 4) is 0 Å². The number of hydrogen-bond donors (Lipinski definition) is 2. The molecule has 6 nitrogen and oxygen atoms in total. The summed E-state index contributed by atoms with van der Waals surface area (Å²) in [7, 11) is -3.60. The van der Waals surface area contributed by atoms with Crippen LogP contribution in [0.4, 0.5) is 0 Å². The molecule has 0 aromatic heterocycles. The molecule has 7 heteroatoms. The molecule has 1 heterocycles. The van der Waals surface area contributed by atoms with Gasteiger partial charge in [-0.05, 0) is 49.7 Å². The molecular weight excluding hydrogens is 350 g/mol. The highest BCUT2D eigenvalue weighted by Gasteiger charge is 2.33. The third kappa shape index (κ3) is 3.92. The van der Waals surface area contributed by atoms with Crippen LogP contribution in [-0.4, -0.2) is 32.2 Å². The van der Waals surface area contributed by atoms with E-state index in [4.69, 9.17) is 0 Å². The zero-order valence-electron chi connectivity index (χ0n) is 15.5. The first-order chi connectivity index (χ1) is 12.3. The molecule has 1 atom stereocenters. The summed E-state index contributed by atoms with van der Waals surface area (Å²) in [6.45, 7) is 6.09. The van der Waals surface area contributed by atoms with Crippen molar-refractivity contribution in [2.45, 2.75) is 63.4 Å². The number of carbonyl (C=O) groups is 1. The van der Waals surface area contributed by atoms with E-state index in [1.54, 1.807) is 24.3 Å². The summed E-state index contributed by atoms with van der Waals surface area (Å²) in [6, 6.07) is 6.27. The number of carbonyl (C=O) groups excluding carboxylic acids is 1. The standard InChI is InChI=1S/C19H27N3O3S/c1-12(2)17(19(23)20-14-10-8-13(3)9-11-14)21-18-15-6-4-5-7-16(15)26(24,25)22-18/h4-7,12-14,17H,8-11H2,1-3H3,(H,20,23)(H,21,22)/t13?,14?,17-/m1/s1. The Morgan fingerprint density at radius 2 is 1.85 bits per heavy atom. The summed E-state index contributed by atoms with van der Waals surface area (Å²) in [6.07, 6.45) is 4.23. The lowest BCUT2D eigenvalue weighted by Gasteiger charge is -2.28. The van der Waals surface area contributed by atoms with Crippen LogP contribution in [0.15, 0.2) is 34.2 Å². The zero-order chi connectivity index (χ0) is 18.9. The van der Waals surface area contributed by atoms with Crippen LogP contribution in [0.3, 0.4) is 0 Å². The van der Waals surface area contributed by atoms with Crippen LogP contribution < -0.4 is 10.0 Å². The van der Waals surface area contributed by atoms with E-state index in [-0.39, 0.29) is 28.6 Å². The maximum Gasteiger partial charge on any atom is 0.263 e. The quantitative estimate of drug-likeness (QED) is 0.845. The number of aliphatic imine (C=N–C) groups is 1. The molecule has 1 saturated carbocycles. The maximum absolute atomic E-state index is 12.8. The van der Waals surface area contributed by atoms with Crippen molar-refractivity contribution in [1.29, 1.82) is 0 Å². The number of amidine groups is 1. The molecule has 0 radical (unpaired) electrons. The van der Waals surface area contributed by atoms with E-state index in [1.165, 1.54) is 0 Å². The molecule has 142 valence electrons. The van der Waals surface area contributed by atoms with Gasteiger partial charge < -0.3 is 5.32 Å². The fourth-order valence-electron chi connectivity index (χ4n) is 3.57. The second-order valence-electron chi connectivity index (χ2n) is 7.73. The van der Waals surface area contributed by atoms with Crippen molar-refractivity contribution in [2.75, 3.05) is 0 Å². The van der Waals surface area contributed by atoms with Crippen molar-refractivity contribution < 1.29 is 13.2 Å². The minimum absolute atomic E-state index is 0.0396. The predicted molar refractivity (Wildman–Crippen MR) is 101 cm³/mol. The van der Waals surface area contributed by atoms with Crippen molar-refractivity contribution in [3.05, 3.63) is 29.8 Å². The SMILES string of the molecule is CC1CCC(NC(=O)[C@H](N=C2NS(=O)(=O)c3ccccc32)C(C)C)CC1. The Morgan fingerprint density at radius 3 is 2.50 bits per heavy atom. The van der Waals surface area contributed by atoms with Crippen molar-refractivity contribution in [1.82, 2.24) is 10.0 Å².